The quantitative estimate of drug-likeness (QED) is 0.822. The number of hydrogen-bond acceptors (Lipinski definition) is 3. The molecule has 1 aliphatic rings. The zero-order valence-corrected chi connectivity index (χ0v) is 11.8. The molecular formula is C13H26FN3. The molecule has 3 nitrogen and oxygen atoms in total. The van der Waals surface area contributed by atoms with Crippen LogP contribution < -0.4 is 5.73 Å². The SMILES string of the molecule is CC.CN(C)CCN(C)C1=C(F)C=C(N)CC1. The first-order chi connectivity index (χ1) is 8.00. The van der Waals surface area contributed by atoms with Gasteiger partial charge in [-0.25, -0.2) is 4.39 Å². The van der Waals surface area contributed by atoms with Gasteiger partial charge < -0.3 is 15.5 Å². The molecule has 0 aromatic carbocycles. The molecule has 0 aliphatic heterocycles. The highest BCUT2D eigenvalue weighted by Gasteiger charge is 2.15. The summed E-state index contributed by atoms with van der Waals surface area (Å²) in [6, 6.07) is 0. The molecule has 0 atom stereocenters. The minimum Gasteiger partial charge on any atom is -0.402 e. The third kappa shape index (κ3) is 5.73. The number of likely N-dealkylation sites (N-methyl/N-ethyl adjacent to an activating group) is 2. The van der Waals surface area contributed by atoms with Gasteiger partial charge in [0.2, 0.25) is 0 Å². The molecule has 4 heteroatoms. The van der Waals surface area contributed by atoms with Gasteiger partial charge in [0.05, 0.1) is 0 Å². The molecule has 0 saturated carbocycles. The lowest BCUT2D eigenvalue weighted by molar-refractivity contribution is 0.311. The molecule has 0 unspecified atom stereocenters. The van der Waals surface area contributed by atoms with Crippen LogP contribution >= 0.6 is 0 Å². The van der Waals surface area contributed by atoms with Crippen LogP contribution in [0.4, 0.5) is 4.39 Å². The Morgan fingerprint density at radius 3 is 2.24 bits per heavy atom. The van der Waals surface area contributed by atoms with Crippen LogP contribution in [0, 0.1) is 0 Å². The molecule has 0 saturated heterocycles. The molecule has 0 heterocycles. The van der Waals surface area contributed by atoms with E-state index in [1.807, 2.05) is 39.9 Å². The highest BCUT2D eigenvalue weighted by molar-refractivity contribution is 5.26. The first kappa shape index (κ1) is 16.0. The molecule has 0 fully saturated rings. The van der Waals surface area contributed by atoms with E-state index in [9.17, 15) is 4.39 Å². The van der Waals surface area contributed by atoms with Gasteiger partial charge in [-0.05, 0) is 33.0 Å². The Morgan fingerprint density at radius 1 is 1.18 bits per heavy atom. The Kier molecular flexibility index (Phi) is 7.63. The molecule has 1 aliphatic carbocycles. The van der Waals surface area contributed by atoms with Crippen LogP contribution in [-0.4, -0.2) is 44.0 Å². The highest BCUT2D eigenvalue weighted by Crippen LogP contribution is 2.24. The van der Waals surface area contributed by atoms with E-state index in [0.29, 0.717) is 12.1 Å². The average Bonchev–Trinajstić information content (AvgIpc) is 2.28. The van der Waals surface area contributed by atoms with E-state index < -0.39 is 0 Å². The van der Waals surface area contributed by atoms with Crippen LogP contribution in [0.15, 0.2) is 23.3 Å². The number of rotatable bonds is 4. The summed E-state index contributed by atoms with van der Waals surface area (Å²) in [6.07, 6.45) is 2.90. The van der Waals surface area contributed by atoms with Gasteiger partial charge in [0, 0.05) is 31.5 Å². The summed E-state index contributed by atoms with van der Waals surface area (Å²) in [4.78, 5) is 4.06. The van der Waals surface area contributed by atoms with E-state index in [1.165, 1.54) is 6.08 Å². The van der Waals surface area contributed by atoms with Crippen LogP contribution in [-0.2, 0) is 0 Å². The molecule has 0 aromatic rings. The van der Waals surface area contributed by atoms with Gasteiger partial charge in [0.15, 0.2) is 0 Å². The van der Waals surface area contributed by atoms with Gasteiger partial charge in [-0.15, -0.1) is 0 Å². The molecule has 100 valence electrons. The van der Waals surface area contributed by atoms with Crippen molar-refractivity contribution in [2.45, 2.75) is 26.7 Å². The fourth-order valence-electron chi connectivity index (χ4n) is 1.56. The van der Waals surface area contributed by atoms with E-state index in [-0.39, 0.29) is 5.83 Å². The van der Waals surface area contributed by atoms with Gasteiger partial charge in [0.25, 0.3) is 0 Å². The van der Waals surface area contributed by atoms with Gasteiger partial charge in [0.1, 0.15) is 5.83 Å². The normalized spacial score (nSPS) is 15.4. The Hall–Kier alpha value is -1.03. The van der Waals surface area contributed by atoms with Crippen LogP contribution in [0.5, 0.6) is 0 Å². The Bertz CT molecular complexity index is 282. The second-order valence-corrected chi connectivity index (χ2v) is 4.24. The summed E-state index contributed by atoms with van der Waals surface area (Å²) in [6.45, 7) is 5.76. The van der Waals surface area contributed by atoms with E-state index in [2.05, 4.69) is 4.90 Å². The predicted octanol–water partition coefficient (Wildman–Crippen LogP) is 2.32. The predicted molar refractivity (Wildman–Crippen MR) is 72.2 cm³/mol. The number of halogens is 1. The summed E-state index contributed by atoms with van der Waals surface area (Å²) in [5.41, 5.74) is 6.98. The van der Waals surface area contributed by atoms with Crippen LogP contribution in [0.25, 0.3) is 0 Å². The van der Waals surface area contributed by atoms with Crippen molar-refractivity contribution in [3.63, 3.8) is 0 Å². The molecule has 1 rings (SSSR count). The van der Waals surface area contributed by atoms with Crippen molar-refractivity contribution in [2.75, 3.05) is 34.2 Å². The van der Waals surface area contributed by atoms with Crippen LogP contribution in [0.1, 0.15) is 26.7 Å². The second-order valence-electron chi connectivity index (χ2n) is 4.24. The van der Waals surface area contributed by atoms with E-state index in [1.54, 1.807) is 0 Å². The minimum absolute atomic E-state index is 0.181. The lowest BCUT2D eigenvalue weighted by Gasteiger charge is -2.26. The smallest absolute Gasteiger partial charge is 0.143 e. The molecule has 17 heavy (non-hydrogen) atoms. The fourth-order valence-corrected chi connectivity index (χ4v) is 1.56. The van der Waals surface area contributed by atoms with Gasteiger partial charge in [-0.3, -0.25) is 0 Å². The summed E-state index contributed by atoms with van der Waals surface area (Å²) in [5.74, 6) is -0.181. The van der Waals surface area contributed by atoms with Crippen LogP contribution in [0.2, 0.25) is 0 Å². The van der Waals surface area contributed by atoms with Crippen molar-refractivity contribution in [1.82, 2.24) is 9.80 Å². The van der Waals surface area contributed by atoms with Gasteiger partial charge in [-0.2, -0.15) is 0 Å². The van der Waals surface area contributed by atoms with Crippen molar-refractivity contribution < 1.29 is 4.39 Å². The first-order valence-electron chi connectivity index (χ1n) is 6.21. The lowest BCUT2D eigenvalue weighted by atomic mass is 10.1. The molecule has 0 amide bonds. The highest BCUT2D eigenvalue weighted by atomic mass is 19.1. The summed E-state index contributed by atoms with van der Waals surface area (Å²) in [7, 11) is 5.95. The largest absolute Gasteiger partial charge is 0.402 e. The van der Waals surface area contributed by atoms with Crippen molar-refractivity contribution >= 4 is 0 Å². The number of nitrogens with zero attached hydrogens (tertiary/aromatic N) is 2. The van der Waals surface area contributed by atoms with Crippen molar-refractivity contribution in [2.24, 2.45) is 5.73 Å². The molecule has 0 aromatic heterocycles. The maximum Gasteiger partial charge on any atom is 0.143 e. The standard InChI is InChI=1S/C11H20FN3.C2H6/c1-14(2)6-7-15(3)11-5-4-9(13)8-10(11)12;1-2/h8H,4-7,13H2,1-3H3;1-2H3. The summed E-state index contributed by atoms with van der Waals surface area (Å²) in [5, 5.41) is 0. The van der Waals surface area contributed by atoms with E-state index in [0.717, 1.165) is 25.2 Å². The number of nitrogens with two attached hydrogens (primary N) is 1. The summed E-state index contributed by atoms with van der Waals surface area (Å²) < 4.78 is 13.5. The fraction of sp³-hybridized carbons (Fsp3) is 0.692. The first-order valence-corrected chi connectivity index (χ1v) is 6.21. The van der Waals surface area contributed by atoms with Gasteiger partial charge >= 0.3 is 0 Å². The van der Waals surface area contributed by atoms with E-state index >= 15 is 0 Å². The Morgan fingerprint density at radius 2 is 1.76 bits per heavy atom. The summed E-state index contributed by atoms with van der Waals surface area (Å²) >= 11 is 0. The molecule has 2 N–H and O–H groups in total. The monoisotopic (exact) mass is 243 g/mol. The maximum atomic E-state index is 13.5. The van der Waals surface area contributed by atoms with Crippen molar-refractivity contribution in [3.8, 4) is 0 Å². The zero-order valence-electron chi connectivity index (χ0n) is 11.8. The Balaban J connectivity index is 0.00000121. The molecular weight excluding hydrogens is 217 g/mol. The topological polar surface area (TPSA) is 32.5 Å². The maximum absolute atomic E-state index is 13.5. The molecule has 0 bridgehead atoms. The lowest BCUT2D eigenvalue weighted by Crippen LogP contribution is -2.29. The molecule has 0 radical (unpaired) electrons. The Labute approximate surface area is 105 Å². The van der Waals surface area contributed by atoms with Gasteiger partial charge in [-0.1, -0.05) is 13.8 Å². The van der Waals surface area contributed by atoms with Crippen LogP contribution in [0.3, 0.4) is 0 Å². The number of hydrogen-bond donors (Lipinski definition) is 1. The number of allylic oxidation sites excluding steroid dienone is 4. The second kappa shape index (κ2) is 8.12. The average molecular weight is 243 g/mol. The van der Waals surface area contributed by atoms with E-state index in [4.69, 9.17) is 5.73 Å². The van der Waals surface area contributed by atoms with Crippen molar-refractivity contribution in [3.05, 3.63) is 23.3 Å². The zero-order chi connectivity index (χ0) is 13.4. The van der Waals surface area contributed by atoms with Crippen molar-refractivity contribution in [1.29, 1.82) is 0 Å². The third-order valence-corrected chi connectivity index (χ3v) is 2.58. The minimum atomic E-state index is -0.181. The third-order valence-electron chi connectivity index (χ3n) is 2.58. The molecule has 0 spiro atoms.